The Kier molecular flexibility index (Phi) is 6.33. The van der Waals surface area contributed by atoms with Crippen molar-refractivity contribution in [3.05, 3.63) is 0 Å². The molecule has 78 valence electrons. The van der Waals surface area contributed by atoms with Gasteiger partial charge in [-0.2, -0.15) is 0 Å². The highest BCUT2D eigenvalue weighted by Crippen LogP contribution is 2.39. The molecular formula is C10H21NS2. The molecule has 0 amide bonds. The quantitative estimate of drug-likeness (QED) is 0.544. The molecule has 1 saturated heterocycles. The molecule has 1 N–H and O–H groups in total. The van der Waals surface area contributed by atoms with E-state index in [4.69, 9.17) is 0 Å². The van der Waals surface area contributed by atoms with Crippen LogP contribution in [0.1, 0.15) is 39.0 Å². The van der Waals surface area contributed by atoms with Crippen LogP contribution >= 0.6 is 21.6 Å². The molecule has 0 bridgehead atoms. The first-order valence-corrected chi connectivity index (χ1v) is 7.66. The van der Waals surface area contributed by atoms with Gasteiger partial charge in [-0.25, -0.2) is 0 Å². The number of nitrogens with one attached hydrogen (secondary N) is 1. The lowest BCUT2D eigenvalue weighted by Crippen LogP contribution is -2.20. The van der Waals surface area contributed by atoms with Crippen molar-refractivity contribution in [3.8, 4) is 0 Å². The van der Waals surface area contributed by atoms with E-state index >= 15 is 0 Å². The Morgan fingerprint density at radius 1 is 1.46 bits per heavy atom. The van der Waals surface area contributed by atoms with Gasteiger partial charge in [-0.3, -0.25) is 0 Å². The summed E-state index contributed by atoms with van der Waals surface area (Å²) in [4.78, 5) is 0. The molecule has 0 aromatic rings. The Labute approximate surface area is 90.2 Å². The van der Waals surface area contributed by atoms with Crippen LogP contribution in [0.3, 0.4) is 0 Å². The van der Waals surface area contributed by atoms with Crippen LogP contribution in [0.5, 0.6) is 0 Å². The number of hydrogen-bond acceptors (Lipinski definition) is 3. The molecule has 0 saturated carbocycles. The van der Waals surface area contributed by atoms with Crippen LogP contribution in [0.4, 0.5) is 0 Å². The minimum absolute atomic E-state index is 0.700. The van der Waals surface area contributed by atoms with E-state index in [1.165, 1.54) is 37.9 Å². The summed E-state index contributed by atoms with van der Waals surface area (Å²) in [5.74, 6) is 1.38. The van der Waals surface area contributed by atoms with Gasteiger partial charge < -0.3 is 5.32 Å². The molecule has 1 unspecified atom stereocenters. The zero-order valence-electron chi connectivity index (χ0n) is 8.71. The van der Waals surface area contributed by atoms with Gasteiger partial charge in [0.15, 0.2) is 0 Å². The van der Waals surface area contributed by atoms with Crippen molar-refractivity contribution in [2.75, 3.05) is 12.8 Å². The van der Waals surface area contributed by atoms with Crippen LogP contribution in [0.2, 0.25) is 0 Å². The molecule has 0 spiro atoms. The summed E-state index contributed by atoms with van der Waals surface area (Å²) in [6, 6.07) is 0.700. The molecule has 3 heteroatoms. The fourth-order valence-electron chi connectivity index (χ4n) is 1.53. The normalized spacial score (nSPS) is 24.9. The van der Waals surface area contributed by atoms with Gasteiger partial charge in [-0.15, -0.1) is 0 Å². The summed E-state index contributed by atoms with van der Waals surface area (Å²) in [7, 11) is 6.21. The van der Waals surface area contributed by atoms with Gasteiger partial charge in [-0.05, 0) is 33.2 Å². The summed E-state index contributed by atoms with van der Waals surface area (Å²) in [5, 5.41) is 4.25. The lowest BCUT2D eigenvalue weighted by atomic mass is 10.1. The molecule has 1 aliphatic heterocycles. The Morgan fingerprint density at radius 2 is 2.31 bits per heavy atom. The van der Waals surface area contributed by atoms with Crippen molar-refractivity contribution >= 4 is 21.6 Å². The number of hydrogen-bond donors (Lipinski definition) is 1. The van der Waals surface area contributed by atoms with Gasteiger partial charge >= 0.3 is 0 Å². The topological polar surface area (TPSA) is 12.0 Å². The van der Waals surface area contributed by atoms with E-state index in [1.54, 1.807) is 0 Å². The molecule has 1 nitrogen and oxygen atoms in total. The maximum absolute atomic E-state index is 3.28. The molecule has 0 aliphatic carbocycles. The minimum atomic E-state index is 0.700. The third kappa shape index (κ3) is 5.18. The molecular weight excluding hydrogens is 198 g/mol. The third-order valence-corrected chi connectivity index (χ3v) is 5.64. The summed E-state index contributed by atoms with van der Waals surface area (Å²) in [6.45, 7) is 2.26. The predicted octanol–water partition coefficient (Wildman–Crippen LogP) is 3.31. The molecule has 13 heavy (non-hydrogen) atoms. The fourth-order valence-corrected chi connectivity index (χ4v) is 4.56. The SMILES string of the molecule is CNC(C)CCCC[C@H]1CCSS1. The second-order valence-electron chi connectivity index (χ2n) is 3.80. The van der Waals surface area contributed by atoms with E-state index in [2.05, 4.69) is 33.8 Å². The second kappa shape index (κ2) is 7.02. The first-order valence-electron chi connectivity index (χ1n) is 5.28. The summed E-state index contributed by atoms with van der Waals surface area (Å²) in [5.41, 5.74) is 0. The highest BCUT2D eigenvalue weighted by atomic mass is 33.1. The van der Waals surface area contributed by atoms with Crippen molar-refractivity contribution in [2.24, 2.45) is 0 Å². The molecule has 2 atom stereocenters. The van der Waals surface area contributed by atoms with Crippen LogP contribution in [0, 0.1) is 0 Å². The first kappa shape index (κ1) is 11.7. The van der Waals surface area contributed by atoms with Gasteiger partial charge in [-0.1, -0.05) is 34.4 Å². The van der Waals surface area contributed by atoms with Crippen LogP contribution in [0.15, 0.2) is 0 Å². The first-order chi connectivity index (χ1) is 6.33. The molecule has 1 rings (SSSR count). The van der Waals surface area contributed by atoms with E-state index < -0.39 is 0 Å². The van der Waals surface area contributed by atoms with Crippen LogP contribution in [-0.2, 0) is 0 Å². The van der Waals surface area contributed by atoms with E-state index in [-0.39, 0.29) is 0 Å². The Balaban J connectivity index is 1.88. The van der Waals surface area contributed by atoms with E-state index in [1.807, 2.05) is 7.05 Å². The molecule has 0 aromatic heterocycles. The lowest BCUT2D eigenvalue weighted by molar-refractivity contribution is 0.516. The van der Waals surface area contributed by atoms with E-state index in [0.717, 1.165) is 5.25 Å². The molecule has 1 fully saturated rings. The molecule has 0 aromatic carbocycles. The van der Waals surface area contributed by atoms with Gasteiger partial charge in [0.1, 0.15) is 0 Å². The Bertz CT molecular complexity index is 124. The zero-order valence-corrected chi connectivity index (χ0v) is 10.3. The van der Waals surface area contributed by atoms with E-state index in [9.17, 15) is 0 Å². The smallest absolute Gasteiger partial charge is 0.0159 e. The average molecular weight is 219 g/mol. The molecule has 0 radical (unpaired) electrons. The van der Waals surface area contributed by atoms with Crippen LogP contribution in [0.25, 0.3) is 0 Å². The molecule has 1 aliphatic rings. The highest BCUT2D eigenvalue weighted by molar-refractivity contribution is 8.77. The van der Waals surface area contributed by atoms with Gasteiger partial charge in [0.25, 0.3) is 0 Å². The zero-order chi connectivity index (χ0) is 9.52. The monoisotopic (exact) mass is 219 g/mol. The maximum Gasteiger partial charge on any atom is 0.0159 e. The fraction of sp³-hybridized carbons (Fsp3) is 1.00. The molecule has 1 heterocycles. The predicted molar refractivity (Wildman–Crippen MR) is 65.4 cm³/mol. The maximum atomic E-state index is 3.28. The number of unbranched alkanes of at least 4 members (excludes halogenated alkanes) is 1. The van der Waals surface area contributed by atoms with Crippen LogP contribution < -0.4 is 5.32 Å². The lowest BCUT2D eigenvalue weighted by Gasteiger charge is -2.10. The summed E-state index contributed by atoms with van der Waals surface area (Å²) < 4.78 is 0. The van der Waals surface area contributed by atoms with Crippen LogP contribution in [-0.4, -0.2) is 24.1 Å². The highest BCUT2D eigenvalue weighted by Gasteiger charge is 2.15. The average Bonchev–Trinajstić information content (AvgIpc) is 2.64. The Morgan fingerprint density at radius 3 is 2.92 bits per heavy atom. The van der Waals surface area contributed by atoms with E-state index in [0.29, 0.717) is 6.04 Å². The van der Waals surface area contributed by atoms with Crippen molar-refractivity contribution in [1.29, 1.82) is 0 Å². The van der Waals surface area contributed by atoms with Crippen molar-refractivity contribution in [2.45, 2.75) is 50.3 Å². The summed E-state index contributed by atoms with van der Waals surface area (Å²) >= 11 is 0. The number of rotatable bonds is 6. The summed E-state index contributed by atoms with van der Waals surface area (Å²) in [6.07, 6.45) is 7.03. The second-order valence-corrected chi connectivity index (χ2v) is 6.59. The third-order valence-electron chi connectivity index (χ3n) is 2.63. The largest absolute Gasteiger partial charge is 0.317 e. The van der Waals surface area contributed by atoms with Gasteiger partial charge in [0, 0.05) is 17.0 Å². The van der Waals surface area contributed by atoms with Crippen molar-refractivity contribution in [3.63, 3.8) is 0 Å². The minimum Gasteiger partial charge on any atom is -0.317 e. The van der Waals surface area contributed by atoms with Gasteiger partial charge in [0.2, 0.25) is 0 Å². The standard InChI is InChI=1S/C10H21NS2/c1-9(11-2)5-3-4-6-10-7-8-12-13-10/h9-11H,3-8H2,1-2H3/t9?,10-/m0/s1. The van der Waals surface area contributed by atoms with Crippen molar-refractivity contribution in [1.82, 2.24) is 5.32 Å². The Hall–Kier alpha value is 0.660. The van der Waals surface area contributed by atoms with Gasteiger partial charge in [0.05, 0.1) is 0 Å². The van der Waals surface area contributed by atoms with Crippen molar-refractivity contribution < 1.29 is 0 Å².